The minimum Gasteiger partial charge on any atom is -0.507 e. The zero-order valence-corrected chi connectivity index (χ0v) is 16.9. The lowest BCUT2D eigenvalue weighted by atomic mass is 10.0. The van der Waals surface area contributed by atoms with Crippen LogP contribution in [-0.2, 0) is 0 Å². The van der Waals surface area contributed by atoms with Gasteiger partial charge in [-0.25, -0.2) is 4.39 Å². The van der Waals surface area contributed by atoms with Crippen LogP contribution in [-0.4, -0.2) is 5.11 Å². The molecule has 3 rings (SSSR count). The first-order valence-corrected chi connectivity index (χ1v) is 9.33. The number of rotatable bonds is 6. The van der Waals surface area contributed by atoms with Crippen molar-refractivity contribution in [3.8, 4) is 5.75 Å². The molecule has 3 N–H and O–H groups in total. The van der Waals surface area contributed by atoms with Crippen LogP contribution in [0.2, 0.25) is 0 Å². The lowest BCUT2D eigenvalue weighted by Gasteiger charge is -2.16. The Hall–Kier alpha value is -3.53. The highest BCUT2D eigenvalue weighted by Crippen LogP contribution is 2.30. The van der Waals surface area contributed by atoms with Crippen LogP contribution in [0, 0.1) is 26.6 Å². The molecule has 0 aromatic heterocycles. The number of hydrogen-bond donors (Lipinski definition) is 3. The molecule has 0 aliphatic carbocycles. The van der Waals surface area contributed by atoms with E-state index in [2.05, 4.69) is 49.8 Å². The number of aryl methyl sites for hydroxylation is 3. The summed E-state index contributed by atoms with van der Waals surface area (Å²) in [7, 11) is 0. The summed E-state index contributed by atoms with van der Waals surface area (Å²) in [6, 6.07) is 16.1. The fourth-order valence-electron chi connectivity index (χ4n) is 2.98. The number of phenols is 1. The molecule has 3 nitrogen and oxygen atoms in total. The molecule has 0 bridgehead atoms. The molecule has 0 unspecified atom stereocenters. The van der Waals surface area contributed by atoms with Gasteiger partial charge in [0.1, 0.15) is 11.6 Å². The van der Waals surface area contributed by atoms with Gasteiger partial charge >= 0.3 is 0 Å². The number of nitrogens with one attached hydrogen (secondary N) is 2. The Labute approximate surface area is 171 Å². The van der Waals surface area contributed by atoms with Gasteiger partial charge in [-0.1, -0.05) is 31.4 Å². The molecule has 0 spiro atoms. The van der Waals surface area contributed by atoms with Gasteiger partial charge in [0.15, 0.2) is 0 Å². The Morgan fingerprint density at radius 1 is 0.828 bits per heavy atom. The van der Waals surface area contributed by atoms with E-state index in [4.69, 9.17) is 0 Å². The van der Waals surface area contributed by atoms with Crippen molar-refractivity contribution in [2.45, 2.75) is 20.8 Å². The summed E-state index contributed by atoms with van der Waals surface area (Å²) >= 11 is 0. The topological polar surface area (TPSA) is 44.3 Å². The van der Waals surface area contributed by atoms with Gasteiger partial charge in [-0.05, 0) is 79.4 Å². The molecule has 29 heavy (non-hydrogen) atoms. The molecule has 0 heterocycles. The molecule has 0 fully saturated rings. The SMILES string of the molecule is C=C(Nc1ccc(O)c(C(=C)Nc2ccc(C)cc2F)c1)c1ccc(C)c(C)c1. The van der Waals surface area contributed by atoms with Crippen LogP contribution in [0.4, 0.5) is 15.8 Å². The third-order valence-electron chi connectivity index (χ3n) is 4.88. The molecule has 3 aromatic rings. The highest BCUT2D eigenvalue weighted by Gasteiger charge is 2.11. The predicted molar refractivity (Wildman–Crippen MR) is 120 cm³/mol. The van der Waals surface area contributed by atoms with Gasteiger partial charge in [0, 0.05) is 22.6 Å². The van der Waals surface area contributed by atoms with Gasteiger partial charge in [-0.3, -0.25) is 0 Å². The van der Waals surface area contributed by atoms with E-state index in [0.29, 0.717) is 16.9 Å². The number of aromatic hydroxyl groups is 1. The maximum atomic E-state index is 14.1. The first-order chi connectivity index (χ1) is 13.7. The van der Waals surface area contributed by atoms with Crippen LogP contribution in [0.1, 0.15) is 27.8 Å². The summed E-state index contributed by atoms with van der Waals surface area (Å²) in [6.07, 6.45) is 0. The predicted octanol–water partition coefficient (Wildman–Crippen LogP) is 6.62. The highest BCUT2D eigenvalue weighted by atomic mass is 19.1. The first-order valence-electron chi connectivity index (χ1n) is 9.33. The molecule has 3 aromatic carbocycles. The van der Waals surface area contributed by atoms with Crippen molar-refractivity contribution in [3.63, 3.8) is 0 Å². The molecular formula is C25H25FN2O. The maximum absolute atomic E-state index is 14.1. The van der Waals surface area contributed by atoms with Crippen molar-refractivity contribution >= 4 is 22.8 Å². The van der Waals surface area contributed by atoms with E-state index in [1.54, 1.807) is 24.3 Å². The zero-order chi connectivity index (χ0) is 21.1. The monoisotopic (exact) mass is 388 g/mol. The molecule has 148 valence electrons. The normalized spacial score (nSPS) is 10.5. The number of anilines is 2. The Morgan fingerprint density at radius 2 is 1.59 bits per heavy atom. The first kappa shape index (κ1) is 20.2. The molecule has 0 saturated carbocycles. The fourth-order valence-corrected chi connectivity index (χ4v) is 2.98. The summed E-state index contributed by atoms with van der Waals surface area (Å²) in [5.74, 6) is -0.319. The molecular weight excluding hydrogens is 363 g/mol. The van der Waals surface area contributed by atoms with Crippen molar-refractivity contribution in [1.82, 2.24) is 0 Å². The summed E-state index contributed by atoms with van der Waals surface area (Å²) in [5.41, 5.74) is 6.89. The number of phenolic OH excluding ortho intramolecular Hbond substituents is 1. The van der Waals surface area contributed by atoms with Gasteiger partial charge in [0.05, 0.1) is 5.69 Å². The lowest BCUT2D eigenvalue weighted by molar-refractivity contribution is 0.473. The summed E-state index contributed by atoms with van der Waals surface area (Å²) < 4.78 is 14.1. The molecule has 0 saturated heterocycles. The number of benzene rings is 3. The summed E-state index contributed by atoms with van der Waals surface area (Å²) in [6.45, 7) is 14.0. The Kier molecular flexibility index (Phi) is 5.74. The van der Waals surface area contributed by atoms with Crippen LogP contribution >= 0.6 is 0 Å². The van der Waals surface area contributed by atoms with Crippen LogP contribution in [0.25, 0.3) is 11.4 Å². The standard InChI is InChI=1S/C25H25FN2O/c1-15-6-10-24(23(26)12-15)28-19(5)22-14-21(9-11-25(22)29)27-18(4)20-8-7-16(2)17(3)13-20/h6-14,27-29H,4-5H2,1-3H3. The number of halogens is 1. The molecule has 4 heteroatoms. The van der Waals surface area contributed by atoms with E-state index in [1.165, 1.54) is 17.2 Å². The second kappa shape index (κ2) is 8.23. The van der Waals surface area contributed by atoms with Gasteiger partial charge in [0.2, 0.25) is 0 Å². The molecule has 0 atom stereocenters. The minimum atomic E-state index is -0.372. The minimum absolute atomic E-state index is 0.0531. The van der Waals surface area contributed by atoms with Crippen molar-refractivity contribution in [2.24, 2.45) is 0 Å². The third kappa shape index (κ3) is 4.66. The number of hydrogen-bond acceptors (Lipinski definition) is 3. The van der Waals surface area contributed by atoms with Crippen molar-refractivity contribution in [1.29, 1.82) is 0 Å². The van der Waals surface area contributed by atoms with E-state index < -0.39 is 0 Å². The van der Waals surface area contributed by atoms with Crippen LogP contribution in [0.15, 0.2) is 67.8 Å². The third-order valence-corrected chi connectivity index (χ3v) is 4.88. The summed E-state index contributed by atoms with van der Waals surface area (Å²) in [4.78, 5) is 0. The van der Waals surface area contributed by atoms with Crippen molar-refractivity contribution < 1.29 is 9.50 Å². The van der Waals surface area contributed by atoms with Crippen LogP contribution < -0.4 is 10.6 Å². The molecule has 0 amide bonds. The summed E-state index contributed by atoms with van der Waals surface area (Å²) in [5, 5.41) is 16.5. The van der Waals surface area contributed by atoms with Gasteiger partial charge in [-0.15, -0.1) is 0 Å². The molecule has 0 aliphatic heterocycles. The fraction of sp³-hybridized carbons (Fsp3) is 0.120. The van der Waals surface area contributed by atoms with Gasteiger partial charge < -0.3 is 15.7 Å². The highest BCUT2D eigenvalue weighted by molar-refractivity contribution is 5.82. The molecule has 0 radical (unpaired) electrons. The smallest absolute Gasteiger partial charge is 0.146 e. The van der Waals surface area contributed by atoms with E-state index in [-0.39, 0.29) is 11.6 Å². The van der Waals surface area contributed by atoms with Crippen LogP contribution in [0.3, 0.4) is 0 Å². The van der Waals surface area contributed by atoms with Crippen molar-refractivity contribution in [3.05, 3.63) is 101 Å². The molecule has 0 aliphatic rings. The van der Waals surface area contributed by atoms with E-state index in [0.717, 1.165) is 22.5 Å². The lowest BCUT2D eigenvalue weighted by Crippen LogP contribution is -2.02. The van der Waals surface area contributed by atoms with E-state index in [9.17, 15) is 9.50 Å². The van der Waals surface area contributed by atoms with Gasteiger partial charge in [0.25, 0.3) is 0 Å². The van der Waals surface area contributed by atoms with Crippen LogP contribution in [0.5, 0.6) is 5.75 Å². The second-order valence-electron chi connectivity index (χ2n) is 7.22. The van der Waals surface area contributed by atoms with E-state index in [1.807, 2.05) is 19.1 Å². The average Bonchev–Trinajstić information content (AvgIpc) is 2.67. The largest absolute Gasteiger partial charge is 0.507 e. The average molecular weight is 388 g/mol. The maximum Gasteiger partial charge on any atom is 0.146 e. The van der Waals surface area contributed by atoms with Gasteiger partial charge in [-0.2, -0.15) is 0 Å². The Morgan fingerprint density at radius 3 is 2.28 bits per heavy atom. The van der Waals surface area contributed by atoms with Crippen molar-refractivity contribution in [2.75, 3.05) is 10.6 Å². The Balaban J connectivity index is 1.80. The zero-order valence-electron chi connectivity index (χ0n) is 16.9. The second-order valence-corrected chi connectivity index (χ2v) is 7.22. The van der Waals surface area contributed by atoms with E-state index >= 15 is 0 Å². The Bertz CT molecular complexity index is 1100. The quantitative estimate of drug-likeness (QED) is 0.416.